The predicted molar refractivity (Wildman–Crippen MR) is 107 cm³/mol. The lowest BCUT2D eigenvalue weighted by molar-refractivity contribution is -0.128. The van der Waals surface area contributed by atoms with E-state index in [1.165, 1.54) is 31.2 Å². The first-order valence-electron chi connectivity index (χ1n) is 10.4. The van der Waals surface area contributed by atoms with Gasteiger partial charge in [-0.15, -0.1) is 0 Å². The third-order valence-electron chi connectivity index (χ3n) is 6.68. The second kappa shape index (κ2) is 7.49. The van der Waals surface area contributed by atoms with Gasteiger partial charge in [-0.05, 0) is 50.2 Å². The van der Waals surface area contributed by atoms with Crippen LogP contribution in [-0.2, 0) is 11.3 Å². The molecule has 4 rings (SSSR count). The summed E-state index contributed by atoms with van der Waals surface area (Å²) in [6, 6.07) is 13.1. The maximum atomic E-state index is 13.0. The minimum atomic E-state index is -0.0814. The highest BCUT2D eigenvalue weighted by atomic mass is 16.2. The maximum absolute atomic E-state index is 13.0. The van der Waals surface area contributed by atoms with E-state index in [4.69, 9.17) is 0 Å². The number of rotatable bonds is 5. The van der Waals surface area contributed by atoms with Crippen LogP contribution < -0.4 is 5.32 Å². The molecule has 144 valence electrons. The molecular weight excluding hydrogens is 334 g/mol. The average Bonchev–Trinajstić information content (AvgIpc) is 2.97. The van der Waals surface area contributed by atoms with Crippen LogP contribution in [0.2, 0.25) is 0 Å². The molecule has 4 nitrogen and oxygen atoms in total. The molecule has 0 radical (unpaired) electrons. The summed E-state index contributed by atoms with van der Waals surface area (Å²) >= 11 is 0. The minimum Gasteiger partial charge on any atom is -0.352 e. The smallest absolute Gasteiger partial charge is 0.224 e. The van der Waals surface area contributed by atoms with Crippen molar-refractivity contribution in [3.05, 3.63) is 53.3 Å². The van der Waals surface area contributed by atoms with Crippen LogP contribution in [0.1, 0.15) is 55.5 Å². The van der Waals surface area contributed by atoms with Crippen LogP contribution in [0.4, 0.5) is 0 Å². The number of nitrogens with one attached hydrogen (secondary N) is 1. The van der Waals surface area contributed by atoms with Crippen LogP contribution in [0.25, 0.3) is 0 Å². The zero-order valence-corrected chi connectivity index (χ0v) is 16.7. The molecule has 0 saturated heterocycles. The number of carbonyl (C=O) groups is 1. The zero-order chi connectivity index (χ0) is 19.0. The Hall–Kier alpha value is -2.10. The first-order chi connectivity index (χ1) is 13.0. The third-order valence-corrected chi connectivity index (χ3v) is 6.68. The molecule has 1 aromatic carbocycles. The molecule has 1 aromatic heterocycles. The Labute approximate surface area is 162 Å². The van der Waals surface area contributed by atoms with Crippen molar-refractivity contribution in [1.82, 2.24) is 15.1 Å². The lowest BCUT2D eigenvalue weighted by Gasteiger charge is -2.55. The van der Waals surface area contributed by atoms with E-state index in [9.17, 15) is 4.79 Å². The quantitative estimate of drug-likeness (QED) is 0.862. The van der Waals surface area contributed by atoms with E-state index in [0.29, 0.717) is 18.4 Å². The molecule has 2 fully saturated rings. The van der Waals surface area contributed by atoms with Crippen molar-refractivity contribution in [2.45, 2.75) is 65.0 Å². The first-order valence-corrected chi connectivity index (χ1v) is 10.4. The van der Waals surface area contributed by atoms with Crippen molar-refractivity contribution >= 4 is 5.91 Å². The molecular formula is C23H31N3O. The van der Waals surface area contributed by atoms with E-state index >= 15 is 0 Å². The summed E-state index contributed by atoms with van der Waals surface area (Å²) in [4.78, 5) is 13.0. The fraction of sp³-hybridized carbons (Fsp3) is 0.565. The number of fused-ring (bicyclic) bond motifs is 1. The molecule has 1 heterocycles. The summed E-state index contributed by atoms with van der Waals surface area (Å²) in [5.74, 6) is 1.94. The monoisotopic (exact) mass is 365 g/mol. The Morgan fingerprint density at radius 1 is 1.19 bits per heavy atom. The Balaban J connectivity index is 1.46. The number of amides is 1. The normalized spacial score (nSPS) is 28.1. The average molecular weight is 366 g/mol. The van der Waals surface area contributed by atoms with Crippen molar-refractivity contribution in [3.8, 4) is 0 Å². The second-order valence-electron chi connectivity index (χ2n) is 8.59. The number of aryl methyl sites for hydroxylation is 2. The number of benzene rings is 1. The maximum Gasteiger partial charge on any atom is 0.224 e. The number of carbonyl (C=O) groups excluding carboxylic acids is 1. The van der Waals surface area contributed by atoms with Gasteiger partial charge in [0, 0.05) is 17.7 Å². The molecule has 0 spiro atoms. The van der Waals surface area contributed by atoms with E-state index in [2.05, 4.69) is 53.7 Å². The molecule has 1 amide bonds. The summed E-state index contributed by atoms with van der Waals surface area (Å²) in [5, 5.41) is 7.94. The molecule has 0 bridgehead atoms. The van der Waals surface area contributed by atoms with E-state index in [1.54, 1.807) is 0 Å². The highest BCUT2D eigenvalue weighted by Crippen LogP contribution is 2.54. The topological polar surface area (TPSA) is 46.9 Å². The van der Waals surface area contributed by atoms with Gasteiger partial charge in [0.1, 0.15) is 0 Å². The number of hydrogen-bond acceptors (Lipinski definition) is 2. The Morgan fingerprint density at radius 3 is 2.56 bits per heavy atom. The van der Waals surface area contributed by atoms with E-state index in [0.717, 1.165) is 17.3 Å². The first kappa shape index (κ1) is 18.3. The molecule has 2 aromatic rings. The summed E-state index contributed by atoms with van der Waals surface area (Å²) in [7, 11) is 0. The standard InChI is InChI=1S/C23H31N3O/c1-15(14-26-17(3)13-16(2)25-26)23(27)24-22-20-12-8-7-11-19(20)21(22)18-9-5-4-6-10-18/h4-6,9-10,13,15,19-22H,7-8,11-12,14H2,1-3H3,(H,24,27)/t15-,19-,20-,21-,22-/m0/s1. The van der Waals surface area contributed by atoms with Crippen LogP contribution in [0.3, 0.4) is 0 Å². The highest BCUT2D eigenvalue weighted by Gasteiger charge is 2.51. The largest absolute Gasteiger partial charge is 0.352 e. The van der Waals surface area contributed by atoms with Gasteiger partial charge in [-0.1, -0.05) is 50.1 Å². The van der Waals surface area contributed by atoms with Crippen LogP contribution in [-0.4, -0.2) is 21.7 Å². The molecule has 4 heteroatoms. The van der Waals surface area contributed by atoms with Crippen LogP contribution in [0.15, 0.2) is 36.4 Å². The molecule has 2 aliphatic rings. The summed E-state index contributed by atoms with van der Waals surface area (Å²) in [6.45, 7) is 6.70. The molecule has 0 unspecified atom stereocenters. The molecule has 27 heavy (non-hydrogen) atoms. The van der Waals surface area contributed by atoms with Crippen LogP contribution >= 0.6 is 0 Å². The van der Waals surface area contributed by atoms with Crippen molar-refractivity contribution in [2.24, 2.45) is 17.8 Å². The fourth-order valence-corrected chi connectivity index (χ4v) is 5.30. The van der Waals surface area contributed by atoms with E-state index < -0.39 is 0 Å². The van der Waals surface area contributed by atoms with E-state index in [1.807, 2.05) is 18.5 Å². The van der Waals surface area contributed by atoms with Crippen molar-refractivity contribution in [1.29, 1.82) is 0 Å². The Bertz CT molecular complexity index is 797. The predicted octanol–water partition coefficient (Wildman–Crippen LogP) is 4.22. The van der Waals surface area contributed by atoms with Gasteiger partial charge in [-0.3, -0.25) is 9.48 Å². The van der Waals surface area contributed by atoms with Crippen LogP contribution in [0, 0.1) is 31.6 Å². The Kier molecular flexibility index (Phi) is 5.07. The zero-order valence-electron chi connectivity index (χ0n) is 16.7. The third kappa shape index (κ3) is 3.54. The summed E-state index contributed by atoms with van der Waals surface area (Å²) in [6.07, 6.45) is 5.19. The fourth-order valence-electron chi connectivity index (χ4n) is 5.30. The van der Waals surface area contributed by atoms with Gasteiger partial charge in [0.2, 0.25) is 5.91 Å². The lowest BCUT2D eigenvalue weighted by atomic mass is 9.53. The molecule has 0 aliphatic heterocycles. The van der Waals surface area contributed by atoms with Gasteiger partial charge < -0.3 is 5.32 Å². The van der Waals surface area contributed by atoms with Crippen molar-refractivity contribution in [2.75, 3.05) is 0 Å². The van der Waals surface area contributed by atoms with Crippen molar-refractivity contribution in [3.63, 3.8) is 0 Å². The minimum absolute atomic E-state index is 0.0814. The summed E-state index contributed by atoms with van der Waals surface area (Å²) < 4.78 is 1.96. The van der Waals surface area contributed by atoms with Gasteiger partial charge in [-0.25, -0.2) is 0 Å². The SMILES string of the molecule is Cc1cc(C)n(C[C@H](C)C(=O)N[C@H]2[C@H]3CCCC[C@@H]3[C@@H]2c2ccccc2)n1. The molecule has 2 aliphatic carbocycles. The number of nitrogens with zero attached hydrogens (tertiary/aromatic N) is 2. The van der Waals surface area contributed by atoms with E-state index in [-0.39, 0.29) is 17.9 Å². The van der Waals surface area contributed by atoms with Gasteiger partial charge >= 0.3 is 0 Å². The lowest BCUT2D eigenvalue weighted by Crippen LogP contribution is -2.60. The van der Waals surface area contributed by atoms with Crippen molar-refractivity contribution < 1.29 is 4.79 Å². The Morgan fingerprint density at radius 2 is 1.89 bits per heavy atom. The van der Waals surface area contributed by atoms with Crippen LogP contribution in [0.5, 0.6) is 0 Å². The van der Waals surface area contributed by atoms with Gasteiger partial charge in [0.15, 0.2) is 0 Å². The molecule has 1 N–H and O–H groups in total. The second-order valence-corrected chi connectivity index (χ2v) is 8.59. The molecule has 5 atom stereocenters. The number of hydrogen-bond donors (Lipinski definition) is 1. The molecule has 2 saturated carbocycles. The summed E-state index contributed by atoms with van der Waals surface area (Å²) in [5.41, 5.74) is 3.51. The highest BCUT2D eigenvalue weighted by molar-refractivity contribution is 5.79. The van der Waals surface area contributed by atoms with Gasteiger partial charge in [0.05, 0.1) is 18.2 Å². The van der Waals surface area contributed by atoms with Gasteiger partial charge in [-0.2, -0.15) is 5.10 Å². The number of aromatic nitrogens is 2. The van der Waals surface area contributed by atoms with Gasteiger partial charge in [0.25, 0.3) is 0 Å².